The molecule has 6 nitrogen and oxygen atoms in total. The van der Waals surface area contributed by atoms with Gasteiger partial charge in [-0.15, -0.1) is 0 Å². The number of carbonyl (C=O) groups is 3. The molecule has 0 bridgehead atoms. The van der Waals surface area contributed by atoms with Crippen molar-refractivity contribution in [3.8, 4) is 0 Å². The molecule has 1 atom stereocenters. The normalized spacial score (nSPS) is 18.5. The number of rotatable bonds is 6. The van der Waals surface area contributed by atoms with Gasteiger partial charge in [-0.3, -0.25) is 14.5 Å². The van der Waals surface area contributed by atoms with Crippen LogP contribution in [0.5, 0.6) is 0 Å². The fourth-order valence-corrected chi connectivity index (χ4v) is 3.77. The molecular weight excluding hydrogens is 378 g/mol. The van der Waals surface area contributed by atoms with Crippen molar-refractivity contribution in [2.75, 3.05) is 11.9 Å². The van der Waals surface area contributed by atoms with Crippen LogP contribution in [0.1, 0.15) is 18.9 Å². The first-order valence-electron chi connectivity index (χ1n) is 9.92. The highest BCUT2D eigenvalue weighted by Crippen LogP contribution is 2.25. The molecule has 1 aliphatic heterocycles. The lowest BCUT2D eigenvalue weighted by Gasteiger charge is -2.21. The SMILES string of the molecule is C[C@]1(CCc2ccccc2)NC(=O)N(CC(=O)Nc2cccc3ccccc23)C1=O. The molecule has 0 spiro atoms. The van der Waals surface area contributed by atoms with Crippen LogP contribution in [0.2, 0.25) is 0 Å². The van der Waals surface area contributed by atoms with Gasteiger partial charge in [-0.2, -0.15) is 0 Å². The predicted molar refractivity (Wildman–Crippen MR) is 116 cm³/mol. The van der Waals surface area contributed by atoms with Crippen molar-refractivity contribution in [1.82, 2.24) is 10.2 Å². The van der Waals surface area contributed by atoms with Crippen LogP contribution in [0.15, 0.2) is 72.8 Å². The zero-order valence-electron chi connectivity index (χ0n) is 16.7. The molecule has 0 aromatic heterocycles. The molecule has 152 valence electrons. The Labute approximate surface area is 174 Å². The van der Waals surface area contributed by atoms with Gasteiger partial charge in [0.25, 0.3) is 5.91 Å². The van der Waals surface area contributed by atoms with Crippen LogP contribution in [-0.2, 0) is 16.0 Å². The first kappa shape index (κ1) is 19.6. The Balaban J connectivity index is 1.43. The third-order valence-electron chi connectivity index (χ3n) is 5.47. The Bertz CT molecular complexity index is 1110. The monoisotopic (exact) mass is 401 g/mol. The summed E-state index contributed by atoms with van der Waals surface area (Å²) in [5, 5.41) is 7.48. The smallest absolute Gasteiger partial charge is 0.324 e. The number of anilines is 1. The minimum atomic E-state index is -1.02. The van der Waals surface area contributed by atoms with Crippen LogP contribution >= 0.6 is 0 Å². The van der Waals surface area contributed by atoms with Crippen LogP contribution in [-0.4, -0.2) is 34.8 Å². The molecule has 0 saturated carbocycles. The van der Waals surface area contributed by atoms with E-state index >= 15 is 0 Å². The molecule has 1 heterocycles. The summed E-state index contributed by atoms with van der Waals surface area (Å²) in [5.41, 5.74) is 0.719. The van der Waals surface area contributed by atoms with E-state index in [9.17, 15) is 14.4 Å². The van der Waals surface area contributed by atoms with Crippen molar-refractivity contribution in [1.29, 1.82) is 0 Å². The van der Waals surface area contributed by atoms with E-state index in [2.05, 4.69) is 10.6 Å². The number of urea groups is 1. The number of carbonyl (C=O) groups excluding carboxylic acids is 3. The summed E-state index contributed by atoms with van der Waals surface area (Å²) in [6, 6.07) is 22.6. The highest BCUT2D eigenvalue weighted by Gasteiger charge is 2.47. The van der Waals surface area contributed by atoms with Crippen molar-refractivity contribution in [3.05, 3.63) is 78.4 Å². The lowest BCUT2D eigenvalue weighted by atomic mass is 9.93. The zero-order chi connectivity index (χ0) is 21.1. The molecule has 6 heteroatoms. The summed E-state index contributed by atoms with van der Waals surface area (Å²) < 4.78 is 0. The summed E-state index contributed by atoms with van der Waals surface area (Å²) >= 11 is 0. The second-order valence-electron chi connectivity index (χ2n) is 7.71. The van der Waals surface area contributed by atoms with Crippen molar-refractivity contribution in [2.24, 2.45) is 0 Å². The topological polar surface area (TPSA) is 78.5 Å². The number of hydrogen-bond donors (Lipinski definition) is 2. The second-order valence-corrected chi connectivity index (χ2v) is 7.71. The number of nitrogens with zero attached hydrogens (tertiary/aromatic N) is 1. The van der Waals surface area contributed by atoms with Gasteiger partial charge in [-0.1, -0.05) is 66.7 Å². The Morgan fingerprint density at radius 2 is 1.67 bits per heavy atom. The summed E-state index contributed by atoms with van der Waals surface area (Å²) in [6.07, 6.45) is 1.11. The molecule has 1 saturated heterocycles. The minimum Gasteiger partial charge on any atom is -0.324 e. The van der Waals surface area contributed by atoms with Gasteiger partial charge in [0, 0.05) is 11.1 Å². The molecule has 0 unspecified atom stereocenters. The number of amides is 4. The maximum atomic E-state index is 12.9. The number of benzene rings is 3. The quantitative estimate of drug-likeness (QED) is 0.618. The van der Waals surface area contributed by atoms with Crippen LogP contribution < -0.4 is 10.6 Å². The van der Waals surface area contributed by atoms with Gasteiger partial charge in [0.15, 0.2) is 0 Å². The molecule has 0 radical (unpaired) electrons. The van der Waals surface area contributed by atoms with Gasteiger partial charge in [0.05, 0.1) is 0 Å². The number of nitrogens with one attached hydrogen (secondary N) is 2. The van der Waals surface area contributed by atoms with Gasteiger partial charge >= 0.3 is 6.03 Å². The Morgan fingerprint density at radius 3 is 2.47 bits per heavy atom. The first-order valence-corrected chi connectivity index (χ1v) is 9.92. The maximum absolute atomic E-state index is 12.9. The van der Waals surface area contributed by atoms with Crippen molar-refractivity contribution in [2.45, 2.75) is 25.3 Å². The lowest BCUT2D eigenvalue weighted by molar-refractivity contribution is -0.133. The van der Waals surface area contributed by atoms with Gasteiger partial charge < -0.3 is 10.6 Å². The third kappa shape index (κ3) is 3.89. The van der Waals surface area contributed by atoms with Crippen molar-refractivity contribution < 1.29 is 14.4 Å². The fraction of sp³-hybridized carbons (Fsp3) is 0.208. The van der Waals surface area contributed by atoms with Gasteiger partial charge in [-0.25, -0.2) is 4.79 Å². The highest BCUT2D eigenvalue weighted by atomic mass is 16.2. The van der Waals surface area contributed by atoms with Crippen LogP contribution in [0, 0.1) is 0 Å². The summed E-state index contributed by atoms with van der Waals surface area (Å²) in [4.78, 5) is 38.9. The average molecular weight is 401 g/mol. The molecule has 4 amide bonds. The number of fused-ring (bicyclic) bond motifs is 1. The molecule has 3 aromatic carbocycles. The van der Waals surface area contributed by atoms with Crippen LogP contribution in [0.3, 0.4) is 0 Å². The van der Waals surface area contributed by atoms with E-state index in [0.717, 1.165) is 21.2 Å². The molecule has 1 aliphatic rings. The Morgan fingerprint density at radius 1 is 0.967 bits per heavy atom. The standard InChI is InChI=1S/C24H23N3O3/c1-24(15-14-17-8-3-2-4-9-17)22(29)27(23(30)26-24)16-21(28)25-20-13-7-11-18-10-5-6-12-19(18)20/h2-13H,14-16H2,1H3,(H,25,28)(H,26,30)/t24-/m1/s1. The van der Waals surface area contributed by atoms with Crippen LogP contribution in [0.25, 0.3) is 10.8 Å². The molecule has 3 aromatic rings. The molecule has 30 heavy (non-hydrogen) atoms. The van der Waals surface area contributed by atoms with E-state index in [1.165, 1.54) is 0 Å². The molecular formula is C24H23N3O3. The summed E-state index contributed by atoms with van der Waals surface area (Å²) in [7, 11) is 0. The number of hydrogen-bond acceptors (Lipinski definition) is 3. The summed E-state index contributed by atoms with van der Waals surface area (Å²) in [5.74, 6) is -0.793. The van der Waals surface area contributed by atoms with Gasteiger partial charge in [0.1, 0.15) is 12.1 Å². The first-order chi connectivity index (χ1) is 14.5. The van der Waals surface area contributed by atoms with Crippen molar-refractivity contribution in [3.63, 3.8) is 0 Å². The number of imide groups is 1. The third-order valence-corrected chi connectivity index (χ3v) is 5.47. The Hall–Kier alpha value is -3.67. The van der Waals surface area contributed by atoms with Gasteiger partial charge in [0.2, 0.25) is 5.91 Å². The van der Waals surface area contributed by atoms with E-state index in [4.69, 9.17) is 0 Å². The zero-order valence-corrected chi connectivity index (χ0v) is 16.7. The van der Waals surface area contributed by atoms with E-state index in [1.54, 1.807) is 13.0 Å². The fourth-order valence-electron chi connectivity index (χ4n) is 3.77. The van der Waals surface area contributed by atoms with E-state index in [-0.39, 0.29) is 12.5 Å². The minimum absolute atomic E-state index is 0.325. The highest BCUT2D eigenvalue weighted by molar-refractivity contribution is 6.11. The molecule has 2 N–H and O–H groups in total. The van der Waals surface area contributed by atoms with Gasteiger partial charge in [-0.05, 0) is 36.8 Å². The van der Waals surface area contributed by atoms with E-state index in [0.29, 0.717) is 18.5 Å². The lowest BCUT2D eigenvalue weighted by Crippen LogP contribution is -2.45. The second kappa shape index (κ2) is 7.99. The largest absolute Gasteiger partial charge is 0.325 e. The number of aryl methyl sites for hydroxylation is 1. The Kier molecular flexibility index (Phi) is 5.23. The van der Waals surface area contributed by atoms with E-state index < -0.39 is 17.5 Å². The van der Waals surface area contributed by atoms with E-state index in [1.807, 2.05) is 66.7 Å². The maximum Gasteiger partial charge on any atom is 0.325 e. The summed E-state index contributed by atoms with van der Waals surface area (Å²) in [6.45, 7) is 1.38. The van der Waals surface area contributed by atoms with Crippen LogP contribution in [0.4, 0.5) is 10.5 Å². The molecule has 4 rings (SSSR count). The molecule has 0 aliphatic carbocycles. The molecule has 1 fully saturated rings. The van der Waals surface area contributed by atoms with Crippen molar-refractivity contribution >= 4 is 34.3 Å². The predicted octanol–water partition coefficient (Wildman–Crippen LogP) is 3.72. The average Bonchev–Trinajstić information content (AvgIpc) is 2.97.